The van der Waals surface area contributed by atoms with Crippen LogP contribution < -0.4 is 4.72 Å². The van der Waals surface area contributed by atoms with Gasteiger partial charge in [-0.2, -0.15) is 0 Å². The van der Waals surface area contributed by atoms with Crippen LogP contribution in [0.4, 0.5) is 5.69 Å². The van der Waals surface area contributed by atoms with E-state index in [-0.39, 0.29) is 10.0 Å². The summed E-state index contributed by atoms with van der Waals surface area (Å²) in [5.74, 6) is 0. The Labute approximate surface area is 104 Å². The molecule has 0 fully saturated rings. The van der Waals surface area contributed by atoms with E-state index < -0.39 is 10.0 Å². The van der Waals surface area contributed by atoms with Crippen LogP contribution in [0.2, 0.25) is 5.15 Å². The smallest absolute Gasteiger partial charge is 0.262 e. The van der Waals surface area contributed by atoms with Crippen LogP contribution in [0.1, 0.15) is 0 Å². The summed E-state index contributed by atoms with van der Waals surface area (Å²) in [4.78, 5) is 3.82. The molecule has 0 unspecified atom stereocenters. The normalized spacial score (nSPS) is 11.1. The van der Waals surface area contributed by atoms with Gasteiger partial charge in [0.2, 0.25) is 0 Å². The van der Waals surface area contributed by atoms with Gasteiger partial charge < -0.3 is 0 Å². The second-order valence-electron chi connectivity index (χ2n) is 3.29. The minimum Gasteiger partial charge on any atom is -0.280 e. The van der Waals surface area contributed by atoms with Crippen LogP contribution in [-0.4, -0.2) is 13.4 Å². The van der Waals surface area contributed by atoms with Gasteiger partial charge >= 0.3 is 0 Å². The van der Waals surface area contributed by atoms with Gasteiger partial charge in [0.1, 0.15) is 5.15 Å². The highest BCUT2D eigenvalue weighted by atomic mass is 35.5. The van der Waals surface area contributed by atoms with Gasteiger partial charge in [0.05, 0.1) is 4.90 Å². The van der Waals surface area contributed by atoms with Crippen molar-refractivity contribution in [1.29, 1.82) is 0 Å². The fourth-order valence-electron chi connectivity index (χ4n) is 1.27. The summed E-state index contributed by atoms with van der Waals surface area (Å²) in [6, 6.07) is 11.3. The molecule has 1 heterocycles. The van der Waals surface area contributed by atoms with E-state index in [1.54, 1.807) is 30.3 Å². The zero-order valence-corrected chi connectivity index (χ0v) is 10.2. The second-order valence-corrected chi connectivity index (χ2v) is 5.36. The number of rotatable bonds is 3. The molecule has 0 aliphatic rings. The number of sulfonamides is 1. The molecule has 1 N–H and O–H groups in total. The molecule has 2 rings (SSSR count). The molecule has 0 amide bonds. The van der Waals surface area contributed by atoms with Crippen molar-refractivity contribution in [1.82, 2.24) is 4.98 Å². The van der Waals surface area contributed by atoms with Crippen LogP contribution in [0.25, 0.3) is 0 Å². The molecule has 4 nitrogen and oxygen atoms in total. The van der Waals surface area contributed by atoms with Crippen molar-refractivity contribution in [3.05, 3.63) is 53.8 Å². The molecule has 0 atom stereocenters. The number of nitrogens with one attached hydrogen (secondary N) is 1. The third-order valence-electron chi connectivity index (χ3n) is 2.03. The molecular weight excluding hydrogens is 260 g/mol. The number of para-hydroxylation sites is 1. The maximum absolute atomic E-state index is 12.0. The van der Waals surface area contributed by atoms with Gasteiger partial charge in [0, 0.05) is 11.9 Å². The molecule has 0 aliphatic carbocycles. The number of benzene rings is 1. The predicted molar refractivity (Wildman–Crippen MR) is 66.5 cm³/mol. The first-order valence-electron chi connectivity index (χ1n) is 4.77. The number of nitrogens with zero attached hydrogens (tertiary/aromatic N) is 1. The van der Waals surface area contributed by atoms with Crippen molar-refractivity contribution in [2.24, 2.45) is 0 Å². The summed E-state index contributed by atoms with van der Waals surface area (Å²) in [6.45, 7) is 0. The Morgan fingerprint density at radius 3 is 2.47 bits per heavy atom. The average molecular weight is 269 g/mol. The lowest BCUT2D eigenvalue weighted by atomic mass is 10.3. The van der Waals surface area contributed by atoms with Crippen LogP contribution in [0.3, 0.4) is 0 Å². The van der Waals surface area contributed by atoms with Gasteiger partial charge in [0.25, 0.3) is 10.0 Å². The Kier molecular flexibility index (Phi) is 3.31. The van der Waals surface area contributed by atoms with Crippen LogP contribution >= 0.6 is 11.6 Å². The third-order valence-corrected chi connectivity index (χ3v) is 3.62. The van der Waals surface area contributed by atoms with Gasteiger partial charge in [-0.3, -0.25) is 4.72 Å². The number of anilines is 1. The second kappa shape index (κ2) is 4.73. The summed E-state index contributed by atoms with van der Waals surface area (Å²) in [5.41, 5.74) is 0.500. The average Bonchev–Trinajstić information content (AvgIpc) is 2.30. The molecule has 6 heteroatoms. The Balaban J connectivity index is 2.32. The van der Waals surface area contributed by atoms with E-state index in [0.29, 0.717) is 5.69 Å². The van der Waals surface area contributed by atoms with E-state index in [1.807, 2.05) is 0 Å². The first-order valence-corrected chi connectivity index (χ1v) is 6.63. The van der Waals surface area contributed by atoms with Gasteiger partial charge in [-0.15, -0.1) is 0 Å². The fourth-order valence-corrected chi connectivity index (χ4v) is 2.58. The lowest BCUT2D eigenvalue weighted by Crippen LogP contribution is -2.12. The van der Waals surface area contributed by atoms with Gasteiger partial charge in [-0.1, -0.05) is 29.8 Å². The molecule has 1 aromatic carbocycles. The number of aromatic nitrogens is 1. The highest BCUT2D eigenvalue weighted by Gasteiger charge is 2.14. The summed E-state index contributed by atoms with van der Waals surface area (Å²) >= 11 is 5.65. The largest absolute Gasteiger partial charge is 0.280 e. The SMILES string of the molecule is O=S(=O)(Nc1ccccc1)c1ccnc(Cl)c1. The van der Waals surface area contributed by atoms with E-state index in [0.717, 1.165) is 0 Å². The van der Waals surface area contributed by atoms with Gasteiger partial charge in [-0.05, 0) is 24.3 Å². The minimum atomic E-state index is -3.61. The summed E-state index contributed by atoms with van der Waals surface area (Å²) in [7, 11) is -3.61. The number of halogens is 1. The lowest BCUT2D eigenvalue weighted by molar-refractivity contribution is 0.601. The molecule has 17 heavy (non-hydrogen) atoms. The van der Waals surface area contributed by atoms with E-state index >= 15 is 0 Å². The maximum atomic E-state index is 12.0. The maximum Gasteiger partial charge on any atom is 0.262 e. The van der Waals surface area contributed by atoms with Crippen molar-refractivity contribution >= 4 is 27.3 Å². The highest BCUT2D eigenvalue weighted by Crippen LogP contribution is 2.17. The summed E-state index contributed by atoms with van der Waals surface area (Å²) < 4.78 is 26.4. The monoisotopic (exact) mass is 268 g/mol. The number of pyridine rings is 1. The molecule has 0 bridgehead atoms. The van der Waals surface area contributed by atoms with E-state index in [9.17, 15) is 8.42 Å². The highest BCUT2D eigenvalue weighted by molar-refractivity contribution is 7.92. The Bertz CT molecular complexity index is 614. The standard InChI is InChI=1S/C11H9ClN2O2S/c12-11-8-10(6-7-13-11)17(15,16)14-9-4-2-1-3-5-9/h1-8,14H. The molecule has 0 saturated carbocycles. The molecule has 88 valence electrons. The first-order chi connectivity index (χ1) is 8.08. The van der Waals surface area contributed by atoms with Crippen molar-refractivity contribution in [2.45, 2.75) is 4.90 Å². The van der Waals surface area contributed by atoms with E-state index in [2.05, 4.69) is 9.71 Å². The van der Waals surface area contributed by atoms with Gasteiger partial charge in [-0.25, -0.2) is 13.4 Å². The van der Waals surface area contributed by atoms with E-state index in [4.69, 9.17) is 11.6 Å². The van der Waals surface area contributed by atoms with Gasteiger partial charge in [0.15, 0.2) is 0 Å². The van der Waals surface area contributed by atoms with Crippen LogP contribution in [0.5, 0.6) is 0 Å². The zero-order valence-electron chi connectivity index (χ0n) is 8.67. The van der Waals surface area contributed by atoms with Crippen molar-refractivity contribution in [3.8, 4) is 0 Å². The number of hydrogen-bond acceptors (Lipinski definition) is 3. The zero-order chi connectivity index (χ0) is 12.3. The topological polar surface area (TPSA) is 59.1 Å². The Morgan fingerprint density at radius 1 is 1.12 bits per heavy atom. The Hall–Kier alpha value is -1.59. The van der Waals surface area contributed by atoms with Crippen LogP contribution in [0, 0.1) is 0 Å². The Morgan fingerprint density at radius 2 is 1.82 bits per heavy atom. The summed E-state index contributed by atoms with van der Waals surface area (Å²) in [6.07, 6.45) is 1.35. The van der Waals surface area contributed by atoms with Crippen LogP contribution in [-0.2, 0) is 10.0 Å². The molecule has 0 spiro atoms. The lowest BCUT2D eigenvalue weighted by Gasteiger charge is -2.07. The third kappa shape index (κ3) is 2.95. The van der Waals surface area contributed by atoms with Crippen LogP contribution in [0.15, 0.2) is 53.6 Å². The summed E-state index contributed by atoms with van der Waals surface area (Å²) in [5, 5.41) is 0.140. The molecule has 0 aliphatic heterocycles. The fraction of sp³-hybridized carbons (Fsp3) is 0. The van der Waals surface area contributed by atoms with Crippen molar-refractivity contribution < 1.29 is 8.42 Å². The molecule has 1 aromatic heterocycles. The first kappa shape index (κ1) is 11.9. The van der Waals surface area contributed by atoms with E-state index in [1.165, 1.54) is 18.3 Å². The molecule has 0 radical (unpaired) electrons. The number of hydrogen-bond donors (Lipinski definition) is 1. The quantitative estimate of drug-likeness (QED) is 0.871. The molecular formula is C11H9ClN2O2S. The van der Waals surface area contributed by atoms with Crippen molar-refractivity contribution in [3.63, 3.8) is 0 Å². The minimum absolute atomic E-state index is 0.0846. The predicted octanol–water partition coefficient (Wildman–Crippen LogP) is 2.54. The molecule has 0 saturated heterocycles. The van der Waals surface area contributed by atoms with Crippen molar-refractivity contribution in [2.75, 3.05) is 4.72 Å². The molecule has 2 aromatic rings.